The predicted molar refractivity (Wildman–Crippen MR) is 109 cm³/mol. The molecule has 0 heterocycles. The van der Waals surface area contributed by atoms with E-state index < -0.39 is 36.0 Å². The highest BCUT2D eigenvalue weighted by atomic mass is 35.5. The average molecular weight is 516 g/mol. The van der Waals surface area contributed by atoms with Gasteiger partial charge in [0.2, 0.25) is 0 Å². The van der Waals surface area contributed by atoms with E-state index >= 15 is 0 Å². The Morgan fingerprint density at radius 1 is 1.00 bits per heavy atom. The summed E-state index contributed by atoms with van der Waals surface area (Å²) in [6.07, 6.45) is -8.35. The third kappa shape index (κ3) is 7.55. The Morgan fingerprint density at radius 3 is 2.09 bits per heavy atom. The van der Waals surface area contributed by atoms with E-state index in [2.05, 4.69) is 5.48 Å². The van der Waals surface area contributed by atoms with Gasteiger partial charge in [0.25, 0.3) is 0 Å². The maximum atomic E-state index is 13.0. The van der Waals surface area contributed by atoms with Crippen LogP contribution in [-0.4, -0.2) is 13.4 Å². The summed E-state index contributed by atoms with van der Waals surface area (Å²) in [6, 6.07) is 5.76. The molecule has 0 aliphatic carbocycles. The highest BCUT2D eigenvalue weighted by Crippen LogP contribution is 2.37. The molecule has 0 radical (unpaired) electrons. The normalized spacial score (nSPS) is 13.5. The Bertz CT molecular complexity index is 976. The van der Waals surface area contributed by atoms with Gasteiger partial charge in [0.05, 0.1) is 34.0 Å². The molecule has 2 rings (SSSR count). The smallest absolute Gasteiger partial charge is 0.416 e. The number of carbonyl (C=O) groups is 1. The fraction of sp³-hybridized carbons (Fsp3) is 0.286. The van der Waals surface area contributed by atoms with E-state index in [0.29, 0.717) is 24.0 Å². The number of benzene rings is 2. The van der Waals surface area contributed by atoms with Crippen molar-refractivity contribution in [1.29, 1.82) is 0 Å². The average Bonchev–Trinajstić information content (AvgIpc) is 2.72. The molecule has 1 atom stereocenters. The molecule has 1 N–H and O–H groups in total. The number of halogens is 8. The third-order valence-corrected chi connectivity index (χ3v) is 5.12. The molecule has 0 saturated carbocycles. The second-order valence-corrected chi connectivity index (χ2v) is 7.55. The molecule has 2 aromatic carbocycles. The zero-order chi connectivity index (χ0) is 24.8. The van der Waals surface area contributed by atoms with Crippen molar-refractivity contribution >= 4 is 29.5 Å². The standard InChI is InChI=1S/C21H17Cl2F6NO3/c1-32-30-19(16(4-5-31)13-2-3-17(22)18(23)8-13)11-33-10-12-6-14(20(24,25)26)9-15(7-12)21(27,28)29/h2-3,5-9,11,16,30H,4,10H2,1H3. The second-order valence-electron chi connectivity index (χ2n) is 6.73. The Labute approximate surface area is 195 Å². The Kier molecular flexibility index (Phi) is 9.04. The van der Waals surface area contributed by atoms with Gasteiger partial charge in [-0.1, -0.05) is 29.3 Å². The summed E-state index contributed by atoms with van der Waals surface area (Å²) in [5.41, 5.74) is -0.0553. The van der Waals surface area contributed by atoms with E-state index in [0.717, 1.165) is 6.26 Å². The van der Waals surface area contributed by atoms with Crippen LogP contribution >= 0.6 is 23.2 Å². The topological polar surface area (TPSA) is 47.6 Å². The van der Waals surface area contributed by atoms with Crippen molar-refractivity contribution < 1.29 is 40.7 Å². The SMILES string of the molecule is CONC(=COCc1cc(C(F)(F)F)cc(C(F)(F)F)c1)C(CC=O)c1ccc(Cl)c(Cl)c1. The van der Waals surface area contributed by atoms with Crippen molar-refractivity contribution in [3.63, 3.8) is 0 Å². The number of aldehydes is 1. The van der Waals surface area contributed by atoms with Gasteiger partial charge in [-0.3, -0.25) is 10.3 Å². The van der Waals surface area contributed by atoms with Gasteiger partial charge in [0.1, 0.15) is 19.2 Å². The first-order valence-electron chi connectivity index (χ1n) is 9.14. The van der Waals surface area contributed by atoms with Crippen LogP contribution in [0.2, 0.25) is 10.0 Å². The highest BCUT2D eigenvalue weighted by Gasteiger charge is 2.36. The summed E-state index contributed by atoms with van der Waals surface area (Å²) in [6.45, 7) is -0.614. The first-order valence-corrected chi connectivity index (χ1v) is 9.90. The summed E-state index contributed by atoms with van der Waals surface area (Å²) in [5.74, 6) is -0.676. The van der Waals surface area contributed by atoms with Crippen molar-refractivity contribution in [1.82, 2.24) is 5.48 Å². The van der Waals surface area contributed by atoms with E-state index in [1.807, 2.05) is 0 Å². The molecule has 1 unspecified atom stereocenters. The van der Waals surface area contributed by atoms with E-state index in [4.69, 9.17) is 32.8 Å². The van der Waals surface area contributed by atoms with E-state index in [-0.39, 0.29) is 33.8 Å². The van der Waals surface area contributed by atoms with Crippen molar-refractivity contribution in [2.75, 3.05) is 7.11 Å². The van der Waals surface area contributed by atoms with Crippen LogP contribution in [0.3, 0.4) is 0 Å². The van der Waals surface area contributed by atoms with Crippen molar-refractivity contribution in [3.05, 3.63) is 80.7 Å². The molecule has 0 spiro atoms. The van der Waals surface area contributed by atoms with Crippen LogP contribution in [0.15, 0.2) is 48.4 Å². The fourth-order valence-corrected chi connectivity index (χ4v) is 3.20. The minimum atomic E-state index is -4.97. The lowest BCUT2D eigenvalue weighted by Gasteiger charge is -2.20. The minimum Gasteiger partial charge on any atom is -0.495 e. The van der Waals surface area contributed by atoms with Crippen LogP contribution in [0.4, 0.5) is 26.3 Å². The molecule has 0 fully saturated rings. The molecule has 2 aromatic rings. The van der Waals surface area contributed by atoms with Gasteiger partial charge in [0, 0.05) is 12.3 Å². The number of ether oxygens (including phenoxy) is 1. The first kappa shape index (κ1) is 26.8. The number of rotatable bonds is 9. The summed E-state index contributed by atoms with van der Waals surface area (Å²) in [5, 5.41) is 0.489. The number of allylic oxidation sites excluding steroid dienone is 1. The number of hydroxylamine groups is 1. The summed E-state index contributed by atoms with van der Waals surface area (Å²) >= 11 is 11.9. The molecule has 12 heteroatoms. The van der Waals surface area contributed by atoms with Crippen LogP contribution in [0.25, 0.3) is 0 Å². The van der Waals surface area contributed by atoms with E-state index in [1.165, 1.54) is 19.2 Å². The van der Waals surface area contributed by atoms with Gasteiger partial charge in [0.15, 0.2) is 0 Å². The summed E-state index contributed by atoms with van der Waals surface area (Å²) < 4.78 is 83.4. The third-order valence-electron chi connectivity index (χ3n) is 4.38. The van der Waals surface area contributed by atoms with E-state index in [1.54, 1.807) is 6.07 Å². The number of alkyl halides is 6. The molecule has 0 amide bonds. The Balaban J connectivity index is 2.35. The van der Waals surface area contributed by atoms with E-state index in [9.17, 15) is 31.1 Å². The number of hydrogen-bond acceptors (Lipinski definition) is 4. The Morgan fingerprint density at radius 2 is 1.61 bits per heavy atom. The molecule has 0 aromatic heterocycles. The molecule has 0 saturated heterocycles. The van der Waals surface area contributed by atoms with Crippen molar-refractivity contribution in [2.45, 2.75) is 31.3 Å². The first-order chi connectivity index (χ1) is 15.4. The van der Waals surface area contributed by atoms with Crippen LogP contribution in [0.5, 0.6) is 0 Å². The van der Waals surface area contributed by atoms with Gasteiger partial charge >= 0.3 is 12.4 Å². The number of carbonyl (C=O) groups excluding carboxylic acids is 1. The predicted octanol–water partition coefficient (Wildman–Crippen LogP) is 6.91. The lowest BCUT2D eigenvalue weighted by molar-refractivity contribution is -0.143. The molecule has 180 valence electrons. The molecular weight excluding hydrogens is 499 g/mol. The lowest BCUT2D eigenvalue weighted by Crippen LogP contribution is -2.19. The molecule has 0 bridgehead atoms. The largest absolute Gasteiger partial charge is 0.495 e. The van der Waals surface area contributed by atoms with Gasteiger partial charge in [-0.25, -0.2) is 0 Å². The molecule has 0 aliphatic rings. The quantitative estimate of drug-likeness (QED) is 0.170. The van der Waals surface area contributed by atoms with Gasteiger partial charge in [-0.15, -0.1) is 0 Å². The van der Waals surface area contributed by atoms with Crippen LogP contribution in [0.1, 0.15) is 34.6 Å². The monoisotopic (exact) mass is 515 g/mol. The van der Waals surface area contributed by atoms with Crippen LogP contribution < -0.4 is 5.48 Å². The molecule has 4 nitrogen and oxygen atoms in total. The van der Waals surface area contributed by atoms with Gasteiger partial charge < -0.3 is 9.53 Å². The molecular formula is C21H17Cl2F6NO3. The van der Waals surface area contributed by atoms with Crippen molar-refractivity contribution in [2.24, 2.45) is 0 Å². The van der Waals surface area contributed by atoms with Gasteiger partial charge in [-0.2, -0.15) is 26.3 Å². The maximum absolute atomic E-state index is 13.0. The second kappa shape index (κ2) is 11.1. The highest BCUT2D eigenvalue weighted by molar-refractivity contribution is 6.42. The molecule has 33 heavy (non-hydrogen) atoms. The lowest BCUT2D eigenvalue weighted by atomic mass is 9.93. The van der Waals surface area contributed by atoms with Gasteiger partial charge in [-0.05, 0) is 41.5 Å². The summed E-state index contributed by atoms with van der Waals surface area (Å²) in [7, 11) is 1.27. The zero-order valence-corrected chi connectivity index (χ0v) is 18.4. The maximum Gasteiger partial charge on any atom is 0.416 e. The van der Waals surface area contributed by atoms with Crippen LogP contribution in [-0.2, 0) is 33.3 Å². The fourth-order valence-electron chi connectivity index (χ4n) is 2.89. The minimum absolute atomic E-state index is 0.0294. The number of hydrogen-bond donors (Lipinski definition) is 1. The van der Waals surface area contributed by atoms with Crippen molar-refractivity contribution in [3.8, 4) is 0 Å². The zero-order valence-electron chi connectivity index (χ0n) is 16.9. The van der Waals surface area contributed by atoms with Crippen LogP contribution in [0, 0.1) is 0 Å². The number of nitrogens with one attached hydrogen (secondary N) is 1. The Hall–Kier alpha value is -2.43. The molecule has 0 aliphatic heterocycles. The summed E-state index contributed by atoms with van der Waals surface area (Å²) in [4.78, 5) is 16.1.